The number of ether oxygens (including phenoxy) is 1. The van der Waals surface area contributed by atoms with Gasteiger partial charge in [0.05, 0.1) is 6.04 Å². The van der Waals surface area contributed by atoms with Crippen LogP contribution in [0.3, 0.4) is 0 Å². The van der Waals surface area contributed by atoms with Crippen molar-refractivity contribution >= 4 is 0 Å². The van der Waals surface area contributed by atoms with Crippen LogP contribution in [0, 0.1) is 0 Å². The lowest BCUT2D eigenvalue weighted by Gasteiger charge is -2.23. The molecule has 2 heteroatoms. The summed E-state index contributed by atoms with van der Waals surface area (Å²) in [5.74, 6) is 1.14. The van der Waals surface area contributed by atoms with Crippen molar-refractivity contribution in [3.63, 3.8) is 0 Å². The Hall–Kier alpha value is -1.02. The van der Waals surface area contributed by atoms with Crippen LogP contribution in [0.5, 0.6) is 5.75 Å². The Morgan fingerprint density at radius 1 is 1.26 bits per heavy atom. The smallest absolute Gasteiger partial charge is 0.128 e. The average Bonchev–Trinajstić information content (AvgIpc) is 3.08. The predicted octanol–water partition coefficient (Wildman–Crippen LogP) is 3.73. The van der Waals surface area contributed by atoms with Gasteiger partial charge in [-0.15, -0.1) is 0 Å². The van der Waals surface area contributed by atoms with E-state index in [1.54, 1.807) is 0 Å². The Labute approximate surface area is 116 Å². The standard InChI is InChI=1S/C17H25NO/c1-5-11-8-13-15(18-12-6-7-12)10-19-16(13)14(9-11)17(2,3)4/h8-9,12,15,18H,5-7,10H2,1-4H3. The molecule has 1 saturated carbocycles. The molecule has 0 saturated heterocycles. The molecular weight excluding hydrogens is 234 g/mol. The van der Waals surface area contributed by atoms with E-state index in [9.17, 15) is 0 Å². The molecule has 1 aromatic carbocycles. The fourth-order valence-corrected chi connectivity index (χ4v) is 2.82. The van der Waals surface area contributed by atoms with Gasteiger partial charge in [-0.25, -0.2) is 0 Å². The topological polar surface area (TPSA) is 21.3 Å². The number of nitrogens with one attached hydrogen (secondary N) is 1. The van der Waals surface area contributed by atoms with Crippen molar-refractivity contribution in [3.8, 4) is 5.75 Å². The van der Waals surface area contributed by atoms with Gasteiger partial charge in [0.25, 0.3) is 0 Å². The lowest BCUT2D eigenvalue weighted by molar-refractivity contribution is 0.304. The van der Waals surface area contributed by atoms with Gasteiger partial charge in [-0.1, -0.05) is 39.8 Å². The zero-order chi connectivity index (χ0) is 13.6. The van der Waals surface area contributed by atoms with Crippen LogP contribution < -0.4 is 10.1 Å². The molecule has 0 bridgehead atoms. The molecular formula is C17H25NO. The van der Waals surface area contributed by atoms with Gasteiger partial charge < -0.3 is 10.1 Å². The highest BCUT2D eigenvalue weighted by Gasteiger charge is 2.34. The van der Waals surface area contributed by atoms with Gasteiger partial charge in [-0.2, -0.15) is 0 Å². The van der Waals surface area contributed by atoms with Crippen LogP contribution in [0.1, 0.15) is 63.3 Å². The largest absolute Gasteiger partial charge is 0.491 e. The molecule has 1 heterocycles. The number of rotatable bonds is 3. The summed E-state index contributed by atoms with van der Waals surface area (Å²) in [7, 11) is 0. The quantitative estimate of drug-likeness (QED) is 0.893. The molecule has 1 atom stereocenters. The fraction of sp³-hybridized carbons (Fsp3) is 0.647. The summed E-state index contributed by atoms with van der Waals surface area (Å²) in [6.07, 6.45) is 3.74. The molecule has 2 aliphatic rings. The van der Waals surface area contributed by atoms with E-state index in [1.165, 1.54) is 29.5 Å². The molecule has 1 aliphatic carbocycles. The third-order valence-corrected chi connectivity index (χ3v) is 4.18. The minimum absolute atomic E-state index is 0.143. The van der Waals surface area contributed by atoms with Gasteiger partial charge in [0.2, 0.25) is 0 Å². The molecule has 19 heavy (non-hydrogen) atoms. The normalized spacial score (nSPS) is 22.2. The zero-order valence-electron chi connectivity index (χ0n) is 12.5. The zero-order valence-corrected chi connectivity index (χ0v) is 12.5. The van der Waals surface area contributed by atoms with Gasteiger partial charge in [0.15, 0.2) is 0 Å². The molecule has 1 fully saturated rings. The number of hydrogen-bond acceptors (Lipinski definition) is 2. The molecule has 0 spiro atoms. The van der Waals surface area contributed by atoms with Crippen molar-refractivity contribution in [2.24, 2.45) is 0 Å². The van der Waals surface area contributed by atoms with Crippen molar-refractivity contribution in [2.45, 2.75) is 64.5 Å². The number of hydrogen-bond donors (Lipinski definition) is 1. The first-order valence-corrected chi connectivity index (χ1v) is 7.55. The van der Waals surface area contributed by atoms with E-state index in [2.05, 4.69) is 45.1 Å². The summed E-state index contributed by atoms with van der Waals surface area (Å²) in [5, 5.41) is 3.71. The van der Waals surface area contributed by atoms with E-state index in [1.807, 2.05) is 0 Å². The van der Waals surface area contributed by atoms with Crippen LogP contribution in [-0.2, 0) is 11.8 Å². The lowest BCUT2D eigenvalue weighted by Crippen LogP contribution is -2.24. The second-order valence-electron chi connectivity index (χ2n) is 6.97. The summed E-state index contributed by atoms with van der Waals surface area (Å²) >= 11 is 0. The summed E-state index contributed by atoms with van der Waals surface area (Å²) < 4.78 is 6.03. The maximum atomic E-state index is 6.03. The van der Waals surface area contributed by atoms with E-state index >= 15 is 0 Å². The summed E-state index contributed by atoms with van der Waals surface area (Å²) in [6.45, 7) is 9.84. The van der Waals surface area contributed by atoms with Crippen molar-refractivity contribution < 1.29 is 4.74 Å². The molecule has 0 radical (unpaired) electrons. The summed E-state index contributed by atoms with van der Waals surface area (Å²) in [4.78, 5) is 0. The van der Waals surface area contributed by atoms with Crippen LogP contribution >= 0.6 is 0 Å². The Balaban J connectivity index is 2.01. The third kappa shape index (κ3) is 2.51. The first kappa shape index (κ1) is 13.0. The van der Waals surface area contributed by atoms with Crippen LogP contribution in [0.15, 0.2) is 12.1 Å². The minimum Gasteiger partial charge on any atom is -0.491 e. The molecule has 2 nitrogen and oxygen atoms in total. The molecule has 1 aromatic rings. The molecule has 1 aliphatic heterocycles. The maximum absolute atomic E-state index is 6.03. The van der Waals surface area contributed by atoms with E-state index in [0.29, 0.717) is 6.04 Å². The number of aryl methyl sites for hydroxylation is 1. The monoisotopic (exact) mass is 259 g/mol. The molecule has 1 unspecified atom stereocenters. The van der Waals surface area contributed by atoms with Crippen molar-refractivity contribution in [3.05, 3.63) is 28.8 Å². The van der Waals surface area contributed by atoms with Crippen molar-refractivity contribution in [1.29, 1.82) is 0 Å². The van der Waals surface area contributed by atoms with Gasteiger partial charge in [0, 0.05) is 17.2 Å². The number of benzene rings is 1. The predicted molar refractivity (Wildman–Crippen MR) is 78.9 cm³/mol. The van der Waals surface area contributed by atoms with Crippen molar-refractivity contribution in [1.82, 2.24) is 5.32 Å². The van der Waals surface area contributed by atoms with Crippen molar-refractivity contribution in [2.75, 3.05) is 6.61 Å². The van der Waals surface area contributed by atoms with Crippen LogP contribution in [0.4, 0.5) is 0 Å². The van der Waals surface area contributed by atoms with E-state index in [0.717, 1.165) is 24.8 Å². The average molecular weight is 259 g/mol. The van der Waals surface area contributed by atoms with Gasteiger partial charge in [-0.3, -0.25) is 0 Å². The lowest BCUT2D eigenvalue weighted by atomic mass is 9.83. The molecule has 104 valence electrons. The highest BCUT2D eigenvalue weighted by atomic mass is 16.5. The first-order chi connectivity index (χ1) is 8.99. The molecule has 3 rings (SSSR count). The minimum atomic E-state index is 0.143. The van der Waals surface area contributed by atoms with Gasteiger partial charge >= 0.3 is 0 Å². The van der Waals surface area contributed by atoms with Crippen LogP contribution in [0.2, 0.25) is 0 Å². The van der Waals surface area contributed by atoms with E-state index in [4.69, 9.17) is 4.74 Å². The van der Waals surface area contributed by atoms with E-state index in [-0.39, 0.29) is 5.41 Å². The summed E-state index contributed by atoms with van der Waals surface area (Å²) in [6, 6.07) is 5.80. The second-order valence-corrected chi connectivity index (χ2v) is 6.97. The Kier molecular flexibility index (Phi) is 3.09. The van der Waals surface area contributed by atoms with Crippen LogP contribution in [0.25, 0.3) is 0 Å². The highest BCUT2D eigenvalue weighted by Crippen LogP contribution is 2.42. The second kappa shape index (κ2) is 4.52. The summed E-state index contributed by atoms with van der Waals surface area (Å²) in [5.41, 5.74) is 4.32. The Bertz CT molecular complexity index is 483. The molecule has 1 N–H and O–H groups in total. The fourth-order valence-electron chi connectivity index (χ4n) is 2.82. The Morgan fingerprint density at radius 2 is 2.00 bits per heavy atom. The molecule has 0 amide bonds. The van der Waals surface area contributed by atoms with Crippen LogP contribution in [-0.4, -0.2) is 12.6 Å². The van der Waals surface area contributed by atoms with Gasteiger partial charge in [-0.05, 0) is 30.2 Å². The third-order valence-electron chi connectivity index (χ3n) is 4.18. The van der Waals surface area contributed by atoms with E-state index < -0.39 is 0 Å². The SMILES string of the molecule is CCc1cc2c(c(C(C)(C)C)c1)OCC2NC1CC1. The highest BCUT2D eigenvalue weighted by molar-refractivity contribution is 5.51. The molecule has 0 aromatic heterocycles. The van der Waals surface area contributed by atoms with Gasteiger partial charge in [0.1, 0.15) is 12.4 Å². The first-order valence-electron chi connectivity index (χ1n) is 7.55. The number of fused-ring (bicyclic) bond motifs is 1. The Morgan fingerprint density at radius 3 is 2.58 bits per heavy atom. The maximum Gasteiger partial charge on any atom is 0.128 e.